The van der Waals surface area contributed by atoms with Crippen molar-refractivity contribution in [3.63, 3.8) is 0 Å². The molecule has 2 aromatic carbocycles. The number of carboxylic acid groups (broad SMARTS) is 1. The number of aliphatic carboxylic acids is 1. The highest BCUT2D eigenvalue weighted by molar-refractivity contribution is 5.72. The zero-order chi connectivity index (χ0) is 15.5. The lowest BCUT2D eigenvalue weighted by molar-refractivity contribution is -0.141. The molecule has 1 N–H and O–H groups in total. The predicted octanol–water partition coefficient (Wildman–Crippen LogP) is 2.42. The van der Waals surface area contributed by atoms with E-state index in [0.717, 1.165) is 24.0 Å². The first-order valence-corrected chi connectivity index (χ1v) is 7.29. The van der Waals surface area contributed by atoms with E-state index in [4.69, 9.17) is 5.11 Å². The molecular formula is C18H17NO3. The van der Waals surface area contributed by atoms with E-state index in [1.807, 2.05) is 36.4 Å². The number of nitrogens with zero attached hydrogens (tertiary/aromatic N) is 1. The summed E-state index contributed by atoms with van der Waals surface area (Å²) in [4.78, 5) is 24.0. The summed E-state index contributed by atoms with van der Waals surface area (Å²) in [6.07, 6.45) is 2.42. The highest BCUT2D eigenvalue weighted by Crippen LogP contribution is 2.35. The number of fused-ring (bicyclic) bond motifs is 2. The van der Waals surface area contributed by atoms with E-state index in [0.29, 0.717) is 6.41 Å². The van der Waals surface area contributed by atoms with Crippen LogP contribution in [0.4, 0.5) is 0 Å². The smallest absolute Gasteiger partial charge is 0.323 e. The van der Waals surface area contributed by atoms with Crippen LogP contribution >= 0.6 is 0 Å². The minimum Gasteiger partial charge on any atom is -0.480 e. The maximum absolute atomic E-state index is 11.5. The second-order valence-electron chi connectivity index (χ2n) is 5.47. The van der Waals surface area contributed by atoms with E-state index in [1.54, 1.807) is 0 Å². The van der Waals surface area contributed by atoms with Crippen LogP contribution in [0.25, 0.3) is 0 Å². The molecule has 0 aromatic heterocycles. The highest BCUT2D eigenvalue weighted by atomic mass is 16.4. The van der Waals surface area contributed by atoms with Crippen molar-refractivity contribution in [3.05, 3.63) is 70.8 Å². The average Bonchev–Trinajstić information content (AvgIpc) is 2.69. The summed E-state index contributed by atoms with van der Waals surface area (Å²) in [5, 5.41) is 9.11. The molecule has 4 nitrogen and oxygen atoms in total. The molecule has 0 unspecified atom stereocenters. The molecule has 3 rings (SSSR count). The summed E-state index contributed by atoms with van der Waals surface area (Å²) >= 11 is 0. The highest BCUT2D eigenvalue weighted by Gasteiger charge is 2.28. The molecular weight excluding hydrogens is 278 g/mol. The van der Waals surface area contributed by atoms with Gasteiger partial charge in [-0.2, -0.15) is 0 Å². The maximum Gasteiger partial charge on any atom is 0.323 e. The molecule has 1 amide bonds. The molecule has 0 bridgehead atoms. The first-order valence-electron chi connectivity index (χ1n) is 7.29. The molecule has 0 spiro atoms. The number of aryl methyl sites for hydroxylation is 2. The number of carbonyl (C=O) groups is 2. The second-order valence-corrected chi connectivity index (χ2v) is 5.47. The number of carbonyl (C=O) groups excluding carboxylic acids is 1. The zero-order valence-electron chi connectivity index (χ0n) is 12.1. The van der Waals surface area contributed by atoms with E-state index < -0.39 is 5.97 Å². The Morgan fingerprint density at radius 1 is 1.05 bits per heavy atom. The van der Waals surface area contributed by atoms with Crippen LogP contribution < -0.4 is 0 Å². The Bertz CT molecular complexity index is 663. The van der Waals surface area contributed by atoms with Crippen LogP contribution in [0.3, 0.4) is 0 Å². The lowest BCUT2D eigenvalue weighted by Gasteiger charge is -2.29. The summed E-state index contributed by atoms with van der Waals surface area (Å²) < 4.78 is 0. The third-order valence-electron chi connectivity index (χ3n) is 4.15. The van der Waals surface area contributed by atoms with Crippen LogP contribution in [-0.4, -0.2) is 28.9 Å². The third-order valence-corrected chi connectivity index (χ3v) is 4.15. The van der Waals surface area contributed by atoms with Gasteiger partial charge in [0.05, 0.1) is 6.04 Å². The van der Waals surface area contributed by atoms with Crippen LogP contribution in [-0.2, 0) is 22.4 Å². The van der Waals surface area contributed by atoms with Gasteiger partial charge in [-0.05, 0) is 35.1 Å². The molecule has 0 saturated carbocycles. The van der Waals surface area contributed by atoms with E-state index in [2.05, 4.69) is 12.1 Å². The first-order chi connectivity index (χ1) is 10.7. The number of amides is 1. The summed E-state index contributed by atoms with van der Waals surface area (Å²) in [6.45, 7) is -0.309. The van der Waals surface area contributed by atoms with Gasteiger partial charge in [0.1, 0.15) is 6.54 Å². The lowest BCUT2D eigenvalue weighted by atomic mass is 9.93. The standard InChI is InChI=1S/C18H17NO3/c20-12-19(11-17(21)22)18-15-7-3-1-5-13(15)9-10-14-6-2-4-8-16(14)18/h1-8,12,18H,9-11H2,(H,21,22). The van der Waals surface area contributed by atoms with Gasteiger partial charge in [-0.25, -0.2) is 0 Å². The molecule has 1 aliphatic rings. The number of carboxylic acids is 1. The molecule has 0 atom stereocenters. The van der Waals surface area contributed by atoms with Crippen LogP contribution in [0.15, 0.2) is 48.5 Å². The third kappa shape index (κ3) is 2.60. The van der Waals surface area contributed by atoms with Crippen molar-refractivity contribution in [1.82, 2.24) is 4.90 Å². The normalized spacial score (nSPS) is 13.6. The quantitative estimate of drug-likeness (QED) is 0.881. The summed E-state index contributed by atoms with van der Waals surface area (Å²) in [6, 6.07) is 15.6. The Balaban J connectivity index is 2.17. The van der Waals surface area contributed by atoms with Gasteiger partial charge in [0.2, 0.25) is 6.41 Å². The van der Waals surface area contributed by atoms with Crippen molar-refractivity contribution in [2.24, 2.45) is 0 Å². The van der Waals surface area contributed by atoms with Gasteiger partial charge in [-0.3, -0.25) is 9.59 Å². The molecule has 22 heavy (non-hydrogen) atoms. The minimum atomic E-state index is -1.01. The fourth-order valence-corrected chi connectivity index (χ4v) is 3.20. The van der Waals surface area contributed by atoms with Crippen molar-refractivity contribution >= 4 is 12.4 Å². The Morgan fingerprint density at radius 3 is 2.00 bits per heavy atom. The SMILES string of the molecule is O=CN(CC(=O)O)C1c2ccccc2CCc2ccccc21. The van der Waals surface area contributed by atoms with E-state index in [1.165, 1.54) is 16.0 Å². The molecule has 0 aliphatic heterocycles. The fraction of sp³-hybridized carbons (Fsp3) is 0.222. The van der Waals surface area contributed by atoms with Gasteiger partial charge in [0.25, 0.3) is 0 Å². The van der Waals surface area contributed by atoms with Crippen molar-refractivity contribution < 1.29 is 14.7 Å². The topological polar surface area (TPSA) is 57.6 Å². The number of rotatable bonds is 4. The van der Waals surface area contributed by atoms with Gasteiger partial charge in [-0.15, -0.1) is 0 Å². The first kappa shape index (κ1) is 14.3. The monoisotopic (exact) mass is 295 g/mol. The zero-order valence-corrected chi connectivity index (χ0v) is 12.1. The van der Waals surface area contributed by atoms with Crippen molar-refractivity contribution in [1.29, 1.82) is 0 Å². The molecule has 4 heteroatoms. The largest absolute Gasteiger partial charge is 0.480 e. The Morgan fingerprint density at radius 2 is 1.55 bits per heavy atom. The van der Waals surface area contributed by atoms with Crippen molar-refractivity contribution in [3.8, 4) is 0 Å². The molecule has 1 aliphatic carbocycles. The van der Waals surface area contributed by atoms with Gasteiger partial charge >= 0.3 is 5.97 Å². The molecule has 2 aromatic rings. The molecule has 0 radical (unpaired) electrons. The summed E-state index contributed by atoms with van der Waals surface area (Å²) in [5.41, 5.74) is 4.36. The Kier molecular flexibility index (Phi) is 3.92. The van der Waals surface area contributed by atoms with Gasteiger partial charge in [0, 0.05) is 0 Å². The van der Waals surface area contributed by atoms with Gasteiger partial charge in [-0.1, -0.05) is 48.5 Å². The van der Waals surface area contributed by atoms with Crippen LogP contribution in [0.5, 0.6) is 0 Å². The van der Waals surface area contributed by atoms with Crippen LogP contribution in [0.2, 0.25) is 0 Å². The molecule has 0 saturated heterocycles. The van der Waals surface area contributed by atoms with Crippen molar-refractivity contribution in [2.75, 3.05) is 6.54 Å². The number of hydrogen-bond acceptors (Lipinski definition) is 2. The maximum atomic E-state index is 11.5. The summed E-state index contributed by atoms with van der Waals surface area (Å²) in [5.74, 6) is -1.01. The van der Waals surface area contributed by atoms with Crippen LogP contribution in [0, 0.1) is 0 Å². The Labute approximate surface area is 129 Å². The second kappa shape index (κ2) is 6.02. The van der Waals surface area contributed by atoms with Crippen LogP contribution in [0.1, 0.15) is 28.3 Å². The van der Waals surface area contributed by atoms with Gasteiger partial charge in [0.15, 0.2) is 0 Å². The molecule has 0 fully saturated rings. The minimum absolute atomic E-state index is 0.309. The number of benzene rings is 2. The van der Waals surface area contributed by atoms with E-state index in [9.17, 15) is 9.59 Å². The van der Waals surface area contributed by atoms with Crippen molar-refractivity contribution in [2.45, 2.75) is 18.9 Å². The molecule has 112 valence electrons. The van der Waals surface area contributed by atoms with E-state index >= 15 is 0 Å². The van der Waals surface area contributed by atoms with E-state index in [-0.39, 0.29) is 12.6 Å². The number of hydrogen-bond donors (Lipinski definition) is 1. The lowest BCUT2D eigenvalue weighted by Crippen LogP contribution is -2.33. The Hall–Kier alpha value is -2.62. The predicted molar refractivity (Wildman–Crippen MR) is 82.5 cm³/mol. The average molecular weight is 295 g/mol. The fourth-order valence-electron chi connectivity index (χ4n) is 3.20. The molecule has 0 heterocycles. The van der Waals surface area contributed by atoms with Gasteiger partial charge < -0.3 is 10.0 Å². The summed E-state index contributed by atoms with van der Waals surface area (Å²) in [7, 11) is 0.